The standard InChI is InChI=1S/C16H16N2O2/c19-15(12-4-2-1-3-5-12)9-11-6-7-14-13(8-11)10-16(20)18-17-14/h1-5,10-11H,6-9H2,(H,18,20). The third-order valence-electron chi connectivity index (χ3n) is 3.84. The number of fused-ring (bicyclic) bond motifs is 1. The highest BCUT2D eigenvalue weighted by Crippen LogP contribution is 2.26. The zero-order chi connectivity index (χ0) is 13.9. The first-order chi connectivity index (χ1) is 9.72. The first kappa shape index (κ1) is 12.8. The average Bonchev–Trinajstić information content (AvgIpc) is 2.47. The van der Waals surface area contributed by atoms with E-state index in [4.69, 9.17) is 0 Å². The van der Waals surface area contributed by atoms with Gasteiger partial charge in [0.15, 0.2) is 5.78 Å². The molecule has 0 fully saturated rings. The van der Waals surface area contributed by atoms with E-state index in [-0.39, 0.29) is 11.3 Å². The highest BCUT2D eigenvalue weighted by Gasteiger charge is 2.22. The highest BCUT2D eigenvalue weighted by atomic mass is 16.1. The van der Waals surface area contributed by atoms with Crippen molar-refractivity contribution in [1.29, 1.82) is 0 Å². The number of rotatable bonds is 3. The predicted molar refractivity (Wildman–Crippen MR) is 75.8 cm³/mol. The lowest BCUT2D eigenvalue weighted by atomic mass is 9.83. The number of aromatic amines is 1. The molecule has 1 unspecified atom stereocenters. The van der Waals surface area contributed by atoms with Crippen LogP contribution in [0.5, 0.6) is 0 Å². The van der Waals surface area contributed by atoms with Crippen molar-refractivity contribution < 1.29 is 4.79 Å². The molecule has 0 radical (unpaired) electrons. The van der Waals surface area contributed by atoms with Crippen molar-refractivity contribution in [3.8, 4) is 0 Å². The monoisotopic (exact) mass is 268 g/mol. The van der Waals surface area contributed by atoms with Crippen LogP contribution in [0.15, 0.2) is 41.2 Å². The van der Waals surface area contributed by atoms with Gasteiger partial charge < -0.3 is 0 Å². The van der Waals surface area contributed by atoms with Crippen molar-refractivity contribution >= 4 is 5.78 Å². The molecule has 1 atom stereocenters. The molecule has 1 aromatic carbocycles. The third-order valence-corrected chi connectivity index (χ3v) is 3.84. The van der Waals surface area contributed by atoms with Crippen molar-refractivity contribution in [2.75, 3.05) is 0 Å². The summed E-state index contributed by atoms with van der Waals surface area (Å²) >= 11 is 0. The van der Waals surface area contributed by atoms with Crippen LogP contribution in [0.4, 0.5) is 0 Å². The first-order valence-electron chi connectivity index (χ1n) is 6.88. The SMILES string of the molecule is O=C(CC1CCc2n[nH]c(=O)cc2C1)c1ccccc1. The van der Waals surface area contributed by atoms with Gasteiger partial charge in [0.25, 0.3) is 5.56 Å². The Morgan fingerprint density at radius 3 is 2.90 bits per heavy atom. The summed E-state index contributed by atoms with van der Waals surface area (Å²) in [7, 11) is 0. The van der Waals surface area contributed by atoms with Crippen molar-refractivity contribution in [3.63, 3.8) is 0 Å². The number of hydrogen-bond acceptors (Lipinski definition) is 3. The molecule has 102 valence electrons. The molecule has 0 aliphatic heterocycles. The third kappa shape index (κ3) is 2.69. The lowest BCUT2D eigenvalue weighted by Crippen LogP contribution is -2.22. The van der Waals surface area contributed by atoms with Crippen LogP contribution in [0, 0.1) is 5.92 Å². The Balaban J connectivity index is 1.71. The topological polar surface area (TPSA) is 62.8 Å². The zero-order valence-electron chi connectivity index (χ0n) is 11.1. The Kier molecular flexibility index (Phi) is 3.46. The molecule has 2 aromatic rings. The Morgan fingerprint density at radius 1 is 1.30 bits per heavy atom. The number of benzene rings is 1. The number of H-pyrrole nitrogens is 1. The van der Waals surface area contributed by atoms with Crippen molar-refractivity contribution in [2.45, 2.75) is 25.7 Å². The maximum Gasteiger partial charge on any atom is 0.264 e. The van der Waals surface area contributed by atoms with E-state index in [2.05, 4.69) is 10.2 Å². The molecule has 4 nitrogen and oxygen atoms in total. The molecule has 0 saturated carbocycles. The van der Waals surface area contributed by atoms with Crippen LogP contribution in [0.3, 0.4) is 0 Å². The predicted octanol–water partition coefficient (Wildman–Crippen LogP) is 2.15. The molecule has 1 N–H and O–H groups in total. The minimum atomic E-state index is -0.168. The van der Waals surface area contributed by atoms with Gasteiger partial charge in [-0.15, -0.1) is 0 Å². The van der Waals surface area contributed by atoms with Crippen LogP contribution in [-0.2, 0) is 12.8 Å². The summed E-state index contributed by atoms with van der Waals surface area (Å²) in [5.74, 6) is 0.482. The molecule has 3 rings (SSSR count). The van der Waals surface area contributed by atoms with Gasteiger partial charge in [-0.25, -0.2) is 5.10 Å². The minimum Gasteiger partial charge on any atom is -0.294 e. The van der Waals surface area contributed by atoms with Crippen molar-refractivity contribution in [2.24, 2.45) is 5.92 Å². The fraction of sp³-hybridized carbons (Fsp3) is 0.312. The smallest absolute Gasteiger partial charge is 0.264 e. The van der Waals surface area contributed by atoms with Crippen LogP contribution in [0.2, 0.25) is 0 Å². The van der Waals surface area contributed by atoms with E-state index in [0.29, 0.717) is 12.3 Å². The second kappa shape index (κ2) is 5.41. The lowest BCUT2D eigenvalue weighted by Gasteiger charge is -2.22. The van der Waals surface area contributed by atoms with Gasteiger partial charge >= 0.3 is 0 Å². The van der Waals surface area contributed by atoms with E-state index in [1.807, 2.05) is 30.3 Å². The number of nitrogens with one attached hydrogen (secondary N) is 1. The molecule has 0 bridgehead atoms. The van der Waals surface area contributed by atoms with Gasteiger partial charge in [-0.2, -0.15) is 5.10 Å². The molecule has 1 aliphatic carbocycles. The van der Waals surface area contributed by atoms with Crippen molar-refractivity contribution in [3.05, 3.63) is 63.6 Å². The van der Waals surface area contributed by atoms with Crippen LogP contribution in [0.1, 0.15) is 34.5 Å². The quantitative estimate of drug-likeness (QED) is 0.867. The molecule has 1 heterocycles. The number of Topliss-reactive ketones (excluding diaryl/α,β-unsaturated/α-hetero) is 1. The maximum atomic E-state index is 12.2. The second-order valence-corrected chi connectivity index (χ2v) is 5.31. The van der Waals surface area contributed by atoms with Crippen molar-refractivity contribution in [1.82, 2.24) is 10.2 Å². The highest BCUT2D eigenvalue weighted by molar-refractivity contribution is 5.96. The molecule has 0 spiro atoms. The number of nitrogens with zero attached hydrogens (tertiary/aromatic N) is 1. The summed E-state index contributed by atoms with van der Waals surface area (Å²) in [4.78, 5) is 23.5. The Bertz CT molecular complexity index is 676. The summed E-state index contributed by atoms with van der Waals surface area (Å²) in [6, 6.07) is 11.0. The molecular formula is C16H16N2O2. The van der Waals surface area contributed by atoms with Crippen LogP contribution in [-0.4, -0.2) is 16.0 Å². The molecule has 20 heavy (non-hydrogen) atoms. The van der Waals surface area contributed by atoms with Gasteiger partial charge in [-0.1, -0.05) is 30.3 Å². The number of ketones is 1. The zero-order valence-corrected chi connectivity index (χ0v) is 11.1. The van der Waals surface area contributed by atoms with Gasteiger partial charge in [0, 0.05) is 18.1 Å². The van der Waals surface area contributed by atoms with Crippen LogP contribution in [0.25, 0.3) is 0 Å². The van der Waals surface area contributed by atoms with E-state index in [0.717, 1.165) is 36.1 Å². The van der Waals surface area contributed by atoms with E-state index in [1.54, 1.807) is 6.07 Å². The van der Waals surface area contributed by atoms with Gasteiger partial charge in [-0.05, 0) is 30.7 Å². The largest absolute Gasteiger partial charge is 0.294 e. The minimum absolute atomic E-state index is 0.168. The molecule has 4 heteroatoms. The fourth-order valence-electron chi connectivity index (χ4n) is 2.79. The average molecular weight is 268 g/mol. The Labute approximate surface area is 116 Å². The second-order valence-electron chi connectivity index (χ2n) is 5.31. The van der Waals surface area contributed by atoms with Gasteiger partial charge in [0.2, 0.25) is 0 Å². The summed E-state index contributed by atoms with van der Waals surface area (Å²) < 4.78 is 0. The normalized spacial score (nSPS) is 17.5. The first-order valence-corrected chi connectivity index (χ1v) is 6.88. The van der Waals surface area contributed by atoms with E-state index in [9.17, 15) is 9.59 Å². The molecule has 1 aromatic heterocycles. The summed E-state index contributed by atoms with van der Waals surface area (Å²) in [5, 5.41) is 6.54. The molecule has 1 aliphatic rings. The van der Waals surface area contributed by atoms with Gasteiger partial charge in [0.05, 0.1) is 5.69 Å². The van der Waals surface area contributed by atoms with Crippen LogP contribution < -0.4 is 5.56 Å². The Morgan fingerprint density at radius 2 is 2.10 bits per heavy atom. The summed E-state index contributed by atoms with van der Waals surface area (Å²) in [6.07, 6.45) is 3.09. The number of carbonyl (C=O) groups excluding carboxylic acids is 1. The van der Waals surface area contributed by atoms with Gasteiger partial charge in [-0.3, -0.25) is 9.59 Å². The lowest BCUT2D eigenvalue weighted by molar-refractivity contribution is 0.0957. The molecule has 0 amide bonds. The number of aryl methyl sites for hydroxylation is 1. The molecular weight excluding hydrogens is 252 g/mol. The van der Waals surface area contributed by atoms with E-state index >= 15 is 0 Å². The van der Waals surface area contributed by atoms with E-state index in [1.165, 1.54) is 0 Å². The van der Waals surface area contributed by atoms with E-state index < -0.39 is 0 Å². The summed E-state index contributed by atoms with van der Waals surface area (Å²) in [6.45, 7) is 0. The maximum absolute atomic E-state index is 12.2. The van der Waals surface area contributed by atoms with Crippen LogP contribution >= 0.6 is 0 Å². The summed E-state index contributed by atoms with van der Waals surface area (Å²) in [5.41, 5.74) is 2.56. The fourth-order valence-corrected chi connectivity index (χ4v) is 2.79. The molecule has 0 saturated heterocycles. The number of carbonyl (C=O) groups is 1. The number of aromatic nitrogens is 2. The number of hydrogen-bond donors (Lipinski definition) is 1. The Hall–Kier alpha value is -2.23. The van der Waals surface area contributed by atoms with Gasteiger partial charge in [0.1, 0.15) is 0 Å².